The van der Waals surface area contributed by atoms with Crippen molar-refractivity contribution in [2.24, 2.45) is 0 Å². The van der Waals surface area contributed by atoms with Crippen LogP contribution < -0.4 is 0 Å². The van der Waals surface area contributed by atoms with Crippen molar-refractivity contribution < 1.29 is 4.39 Å². The Morgan fingerprint density at radius 1 is 0.737 bits per heavy atom. The molecular weight excluding hydrogens is 284 g/mol. The summed E-state index contributed by atoms with van der Waals surface area (Å²) in [6.07, 6.45) is 0. The van der Waals surface area contributed by atoms with Crippen LogP contribution in [0.25, 0.3) is 22.2 Å². The smallest absolute Gasteiger partial charge is 0.123 e. The van der Waals surface area contributed by atoms with Crippen LogP contribution in [0.3, 0.4) is 0 Å². The van der Waals surface area contributed by atoms with Gasteiger partial charge in [-0.1, -0.05) is 24.3 Å². The molecule has 0 aliphatic rings. The lowest BCUT2D eigenvalue weighted by atomic mass is 10.1. The highest BCUT2D eigenvalue weighted by atomic mass is 35.5. The maximum atomic E-state index is 12.8. The standard InChI is InChI=1S/C15H10FN.2ClH/c16-13-8-5-12(6-9-13)15-10-7-11-3-1-2-4-14(11)17-15;;/h1-10H;2*1H. The van der Waals surface area contributed by atoms with Gasteiger partial charge in [-0.15, -0.1) is 24.8 Å². The average molecular weight is 296 g/mol. The number of nitrogens with zero attached hydrogens (tertiary/aromatic N) is 1. The monoisotopic (exact) mass is 295 g/mol. The van der Waals surface area contributed by atoms with Crippen LogP contribution in [0.1, 0.15) is 0 Å². The minimum absolute atomic E-state index is 0. The van der Waals surface area contributed by atoms with Gasteiger partial charge in [-0.05, 0) is 36.4 Å². The first-order chi connectivity index (χ1) is 8.33. The number of aromatic nitrogens is 1. The van der Waals surface area contributed by atoms with Crippen molar-refractivity contribution in [2.75, 3.05) is 0 Å². The van der Waals surface area contributed by atoms with Crippen molar-refractivity contribution in [3.63, 3.8) is 0 Å². The zero-order chi connectivity index (χ0) is 11.7. The highest BCUT2D eigenvalue weighted by Gasteiger charge is 2.01. The van der Waals surface area contributed by atoms with Gasteiger partial charge in [0.05, 0.1) is 11.2 Å². The summed E-state index contributed by atoms with van der Waals surface area (Å²) in [6.45, 7) is 0. The van der Waals surface area contributed by atoms with E-state index in [1.54, 1.807) is 12.1 Å². The molecule has 0 spiro atoms. The molecule has 3 aromatic rings. The first-order valence-electron chi connectivity index (χ1n) is 5.45. The Bertz CT molecular complexity index is 668. The van der Waals surface area contributed by atoms with Crippen molar-refractivity contribution in [1.82, 2.24) is 4.98 Å². The zero-order valence-electron chi connectivity index (χ0n) is 9.92. The van der Waals surface area contributed by atoms with Crippen molar-refractivity contribution in [1.29, 1.82) is 0 Å². The Labute approximate surface area is 123 Å². The summed E-state index contributed by atoms with van der Waals surface area (Å²) in [4.78, 5) is 4.55. The van der Waals surface area contributed by atoms with Crippen molar-refractivity contribution in [2.45, 2.75) is 0 Å². The molecule has 4 heteroatoms. The molecule has 0 aliphatic carbocycles. The second-order valence-corrected chi connectivity index (χ2v) is 3.90. The Morgan fingerprint density at radius 2 is 1.42 bits per heavy atom. The van der Waals surface area contributed by atoms with E-state index < -0.39 is 0 Å². The lowest BCUT2D eigenvalue weighted by Crippen LogP contribution is -1.85. The fourth-order valence-corrected chi connectivity index (χ4v) is 1.85. The quantitative estimate of drug-likeness (QED) is 0.623. The van der Waals surface area contributed by atoms with Crippen LogP contribution in [0.15, 0.2) is 60.7 Å². The molecule has 0 unspecified atom stereocenters. The number of benzene rings is 2. The van der Waals surface area contributed by atoms with E-state index in [0.717, 1.165) is 22.2 Å². The Morgan fingerprint density at radius 3 is 2.16 bits per heavy atom. The summed E-state index contributed by atoms with van der Waals surface area (Å²) in [5, 5.41) is 1.11. The zero-order valence-corrected chi connectivity index (χ0v) is 11.5. The molecule has 98 valence electrons. The first kappa shape index (κ1) is 15.4. The van der Waals surface area contributed by atoms with E-state index in [1.165, 1.54) is 12.1 Å². The highest BCUT2D eigenvalue weighted by molar-refractivity contribution is 5.85. The predicted octanol–water partition coefficient (Wildman–Crippen LogP) is 4.88. The van der Waals surface area contributed by atoms with Crippen molar-refractivity contribution in [3.05, 3.63) is 66.5 Å². The van der Waals surface area contributed by atoms with Gasteiger partial charge in [-0.25, -0.2) is 9.37 Å². The van der Waals surface area contributed by atoms with Gasteiger partial charge in [0.15, 0.2) is 0 Å². The van der Waals surface area contributed by atoms with Gasteiger partial charge in [0, 0.05) is 10.9 Å². The number of hydrogen-bond acceptors (Lipinski definition) is 1. The largest absolute Gasteiger partial charge is 0.248 e. The summed E-state index contributed by atoms with van der Waals surface area (Å²) < 4.78 is 12.8. The number of halogens is 3. The normalized spacial score (nSPS) is 9.53. The van der Waals surface area contributed by atoms with Crippen LogP contribution in [0.2, 0.25) is 0 Å². The maximum absolute atomic E-state index is 12.8. The van der Waals surface area contributed by atoms with E-state index in [-0.39, 0.29) is 30.6 Å². The van der Waals surface area contributed by atoms with Crippen molar-refractivity contribution in [3.8, 4) is 11.3 Å². The average Bonchev–Trinajstić information content (AvgIpc) is 2.39. The molecule has 0 saturated heterocycles. The van der Waals surface area contributed by atoms with Crippen molar-refractivity contribution >= 4 is 35.7 Å². The molecule has 0 atom stereocenters. The second kappa shape index (κ2) is 6.50. The van der Waals surface area contributed by atoms with E-state index in [2.05, 4.69) is 4.98 Å². The van der Waals surface area contributed by atoms with Crippen LogP contribution in [0, 0.1) is 5.82 Å². The van der Waals surface area contributed by atoms with Gasteiger partial charge in [-0.3, -0.25) is 0 Å². The molecule has 0 fully saturated rings. The van der Waals surface area contributed by atoms with Crippen LogP contribution in [-0.4, -0.2) is 4.98 Å². The van der Waals surface area contributed by atoms with Gasteiger partial charge in [0.1, 0.15) is 5.82 Å². The van der Waals surface area contributed by atoms with E-state index >= 15 is 0 Å². The Balaban J connectivity index is 0.000000902. The third-order valence-electron chi connectivity index (χ3n) is 2.74. The van der Waals surface area contributed by atoms with Gasteiger partial charge >= 0.3 is 0 Å². The fraction of sp³-hybridized carbons (Fsp3) is 0. The molecule has 19 heavy (non-hydrogen) atoms. The molecule has 3 rings (SSSR count). The molecule has 1 aromatic heterocycles. The van der Waals surface area contributed by atoms with E-state index in [4.69, 9.17) is 0 Å². The van der Waals surface area contributed by atoms with Gasteiger partial charge < -0.3 is 0 Å². The van der Waals surface area contributed by atoms with Crippen LogP contribution >= 0.6 is 24.8 Å². The summed E-state index contributed by atoms with van der Waals surface area (Å²) in [5.41, 5.74) is 2.75. The highest BCUT2D eigenvalue weighted by Crippen LogP contribution is 2.20. The van der Waals surface area contributed by atoms with Crippen LogP contribution in [0.5, 0.6) is 0 Å². The minimum Gasteiger partial charge on any atom is -0.248 e. The molecule has 1 heterocycles. The topological polar surface area (TPSA) is 12.9 Å². The lowest BCUT2D eigenvalue weighted by Gasteiger charge is -2.02. The molecule has 0 saturated carbocycles. The SMILES string of the molecule is Cl.Cl.Fc1ccc(-c2ccc3ccccc3n2)cc1. The maximum Gasteiger partial charge on any atom is 0.123 e. The minimum atomic E-state index is -0.227. The molecule has 0 aliphatic heterocycles. The number of fused-ring (bicyclic) bond motifs is 1. The summed E-state index contributed by atoms with van der Waals surface area (Å²) in [7, 11) is 0. The fourth-order valence-electron chi connectivity index (χ4n) is 1.85. The molecule has 0 amide bonds. The molecule has 0 bridgehead atoms. The third-order valence-corrected chi connectivity index (χ3v) is 2.74. The van der Waals surface area contributed by atoms with Crippen LogP contribution in [0.4, 0.5) is 4.39 Å². The van der Waals surface area contributed by atoms with E-state index in [9.17, 15) is 4.39 Å². The van der Waals surface area contributed by atoms with Crippen LogP contribution in [-0.2, 0) is 0 Å². The summed E-state index contributed by atoms with van der Waals surface area (Å²) in [6, 6.07) is 18.3. The molecular formula is C15H12Cl2FN. The van der Waals surface area contributed by atoms with Gasteiger partial charge in [-0.2, -0.15) is 0 Å². The van der Waals surface area contributed by atoms with E-state index in [1.807, 2.05) is 36.4 Å². The molecule has 0 N–H and O–H groups in total. The van der Waals surface area contributed by atoms with Gasteiger partial charge in [0.2, 0.25) is 0 Å². The molecule has 0 radical (unpaired) electrons. The molecule has 1 nitrogen and oxygen atoms in total. The summed E-state index contributed by atoms with van der Waals surface area (Å²) in [5.74, 6) is -0.227. The number of para-hydroxylation sites is 1. The summed E-state index contributed by atoms with van der Waals surface area (Å²) >= 11 is 0. The Kier molecular flexibility index (Phi) is 5.28. The number of pyridine rings is 1. The molecule has 2 aromatic carbocycles. The Hall–Kier alpha value is -1.64. The first-order valence-corrected chi connectivity index (χ1v) is 5.45. The third kappa shape index (κ3) is 3.22. The van der Waals surface area contributed by atoms with Gasteiger partial charge in [0.25, 0.3) is 0 Å². The lowest BCUT2D eigenvalue weighted by molar-refractivity contribution is 0.628. The second-order valence-electron chi connectivity index (χ2n) is 3.90. The number of hydrogen-bond donors (Lipinski definition) is 0. The predicted molar refractivity (Wildman–Crippen MR) is 81.6 cm³/mol. The number of rotatable bonds is 1. The van der Waals surface area contributed by atoms with E-state index in [0.29, 0.717) is 0 Å².